The lowest BCUT2D eigenvalue weighted by Gasteiger charge is -2.14. The number of nitrogens with zero attached hydrogens (tertiary/aromatic N) is 1. The normalized spacial score (nSPS) is 11.3. The van der Waals surface area contributed by atoms with Crippen LogP contribution in [-0.4, -0.2) is 23.0 Å². The van der Waals surface area contributed by atoms with E-state index in [4.69, 9.17) is 9.47 Å². The van der Waals surface area contributed by atoms with E-state index in [1.807, 2.05) is 30.3 Å². The third-order valence-corrected chi connectivity index (χ3v) is 3.94. The van der Waals surface area contributed by atoms with E-state index in [9.17, 15) is 9.59 Å². The van der Waals surface area contributed by atoms with Crippen molar-refractivity contribution in [2.45, 2.75) is 19.6 Å². The van der Waals surface area contributed by atoms with Crippen molar-refractivity contribution < 1.29 is 19.1 Å². The Hall–Kier alpha value is -3.67. The molecule has 0 bridgehead atoms. The Morgan fingerprint density at radius 2 is 1.64 bits per heavy atom. The van der Waals surface area contributed by atoms with Crippen LogP contribution in [0.3, 0.4) is 0 Å². The number of hydrogen-bond acceptors (Lipinski definition) is 5. The number of benzene rings is 2. The molecule has 0 fully saturated rings. The van der Waals surface area contributed by atoms with Crippen LogP contribution >= 0.6 is 0 Å². The summed E-state index contributed by atoms with van der Waals surface area (Å²) in [6.45, 7) is 1.99. The maximum Gasteiger partial charge on any atom is 0.339 e. The van der Waals surface area contributed by atoms with Crippen LogP contribution in [0.25, 0.3) is 0 Å². The molecule has 142 valence electrons. The number of esters is 1. The average Bonchev–Trinajstić information content (AvgIpc) is 2.74. The summed E-state index contributed by atoms with van der Waals surface area (Å²) in [6.07, 6.45) is 2.04. The largest absolute Gasteiger partial charge is 0.489 e. The van der Waals surface area contributed by atoms with Crippen molar-refractivity contribution in [2.24, 2.45) is 0 Å². The van der Waals surface area contributed by atoms with Gasteiger partial charge in [0.2, 0.25) is 0 Å². The number of aromatic nitrogens is 1. The summed E-state index contributed by atoms with van der Waals surface area (Å²) in [4.78, 5) is 28.1. The topological polar surface area (TPSA) is 77.5 Å². The molecule has 28 heavy (non-hydrogen) atoms. The van der Waals surface area contributed by atoms with Gasteiger partial charge < -0.3 is 14.8 Å². The maximum atomic E-state index is 12.2. The Kier molecular flexibility index (Phi) is 6.36. The Morgan fingerprint density at radius 1 is 0.964 bits per heavy atom. The molecule has 1 aromatic heterocycles. The third-order valence-electron chi connectivity index (χ3n) is 3.94. The van der Waals surface area contributed by atoms with Gasteiger partial charge in [-0.1, -0.05) is 30.3 Å². The fourth-order valence-corrected chi connectivity index (χ4v) is 2.39. The van der Waals surface area contributed by atoms with Gasteiger partial charge in [-0.2, -0.15) is 0 Å². The quantitative estimate of drug-likeness (QED) is 0.634. The van der Waals surface area contributed by atoms with E-state index in [-0.39, 0.29) is 0 Å². The van der Waals surface area contributed by atoms with Crippen LogP contribution in [0.1, 0.15) is 22.8 Å². The van der Waals surface area contributed by atoms with E-state index in [2.05, 4.69) is 10.3 Å². The fraction of sp³-hybridized carbons (Fsp3) is 0.136. The van der Waals surface area contributed by atoms with Crippen molar-refractivity contribution >= 4 is 17.6 Å². The predicted octanol–water partition coefficient (Wildman–Crippen LogP) is 3.84. The zero-order valence-corrected chi connectivity index (χ0v) is 15.4. The van der Waals surface area contributed by atoms with Gasteiger partial charge in [0.1, 0.15) is 12.4 Å². The minimum absolute atomic E-state index is 0.342. The van der Waals surface area contributed by atoms with Crippen LogP contribution in [0.5, 0.6) is 5.75 Å². The van der Waals surface area contributed by atoms with E-state index in [0.717, 1.165) is 5.56 Å². The van der Waals surface area contributed by atoms with E-state index in [0.29, 0.717) is 23.6 Å². The van der Waals surface area contributed by atoms with Crippen LogP contribution in [0.4, 0.5) is 5.69 Å². The molecule has 3 aromatic rings. The molecule has 1 heterocycles. The smallest absolute Gasteiger partial charge is 0.339 e. The number of amides is 1. The number of pyridine rings is 1. The summed E-state index contributed by atoms with van der Waals surface area (Å²) >= 11 is 0. The molecule has 2 aromatic carbocycles. The van der Waals surface area contributed by atoms with Gasteiger partial charge in [-0.3, -0.25) is 9.78 Å². The molecule has 6 nitrogen and oxygen atoms in total. The monoisotopic (exact) mass is 376 g/mol. The molecule has 1 amide bonds. The second kappa shape index (κ2) is 9.32. The Bertz CT molecular complexity index is 912. The lowest BCUT2D eigenvalue weighted by atomic mass is 10.2. The van der Waals surface area contributed by atoms with Gasteiger partial charge >= 0.3 is 5.97 Å². The number of rotatable bonds is 7. The van der Waals surface area contributed by atoms with Crippen molar-refractivity contribution in [1.82, 2.24) is 4.98 Å². The number of anilines is 1. The molecule has 1 N–H and O–H groups in total. The number of carbonyl (C=O) groups excluding carboxylic acids is 2. The van der Waals surface area contributed by atoms with Gasteiger partial charge in [-0.15, -0.1) is 0 Å². The molecule has 0 radical (unpaired) electrons. The van der Waals surface area contributed by atoms with Crippen LogP contribution < -0.4 is 10.1 Å². The molecule has 0 spiro atoms. The second-order valence-electron chi connectivity index (χ2n) is 6.07. The molecule has 0 aliphatic carbocycles. The number of nitrogens with one attached hydrogen (secondary N) is 1. The van der Waals surface area contributed by atoms with Gasteiger partial charge in [0.25, 0.3) is 5.91 Å². The first-order valence-electron chi connectivity index (χ1n) is 8.80. The lowest BCUT2D eigenvalue weighted by molar-refractivity contribution is -0.123. The first-order valence-corrected chi connectivity index (χ1v) is 8.80. The van der Waals surface area contributed by atoms with Gasteiger partial charge in [-0.05, 0) is 48.9 Å². The minimum atomic E-state index is -0.935. The zero-order chi connectivity index (χ0) is 19.8. The first-order chi connectivity index (χ1) is 13.6. The number of ether oxygens (including phenoxy) is 2. The summed E-state index contributed by atoms with van der Waals surface area (Å²) in [5, 5.41) is 2.72. The zero-order valence-electron chi connectivity index (χ0n) is 15.4. The summed E-state index contributed by atoms with van der Waals surface area (Å²) < 4.78 is 10.9. The molecule has 0 saturated carbocycles. The summed E-state index contributed by atoms with van der Waals surface area (Å²) in [5.41, 5.74) is 2.00. The molecular weight excluding hydrogens is 356 g/mol. The fourth-order valence-electron chi connectivity index (χ4n) is 2.39. The molecule has 6 heteroatoms. The lowest BCUT2D eigenvalue weighted by Crippen LogP contribution is -2.30. The van der Waals surface area contributed by atoms with E-state index < -0.39 is 18.0 Å². The van der Waals surface area contributed by atoms with Crippen LogP contribution in [-0.2, 0) is 16.1 Å². The van der Waals surface area contributed by atoms with Gasteiger partial charge in [0, 0.05) is 18.1 Å². The van der Waals surface area contributed by atoms with Crippen molar-refractivity contribution in [1.29, 1.82) is 0 Å². The highest BCUT2D eigenvalue weighted by Crippen LogP contribution is 2.17. The van der Waals surface area contributed by atoms with Gasteiger partial charge in [-0.25, -0.2) is 4.79 Å². The van der Waals surface area contributed by atoms with Crippen LogP contribution in [0.2, 0.25) is 0 Å². The molecular formula is C22H20N2O4. The first kappa shape index (κ1) is 19.1. The van der Waals surface area contributed by atoms with Crippen molar-refractivity contribution in [3.63, 3.8) is 0 Å². The van der Waals surface area contributed by atoms with E-state index in [1.165, 1.54) is 31.5 Å². The Labute approximate surface area is 163 Å². The summed E-state index contributed by atoms with van der Waals surface area (Å²) in [6, 6.07) is 19.9. The summed E-state index contributed by atoms with van der Waals surface area (Å²) in [7, 11) is 0. The number of hydrogen-bond donors (Lipinski definition) is 1. The summed E-state index contributed by atoms with van der Waals surface area (Å²) in [5.74, 6) is -0.297. The molecule has 0 aliphatic heterocycles. The van der Waals surface area contributed by atoms with Gasteiger partial charge in [0.15, 0.2) is 6.10 Å². The van der Waals surface area contributed by atoms with Crippen molar-refractivity contribution in [2.75, 3.05) is 5.32 Å². The second-order valence-corrected chi connectivity index (χ2v) is 6.07. The molecule has 1 atom stereocenters. The maximum absolute atomic E-state index is 12.2. The molecule has 0 aliphatic rings. The third kappa shape index (κ3) is 5.41. The van der Waals surface area contributed by atoms with Gasteiger partial charge in [0.05, 0.1) is 5.56 Å². The van der Waals surface area contributed by atoms with Crippen molar-refractivity contribution in [3.8, 4) is 5.75 Å². The minimum Gasteiger partial charge on any atom is -0.489 e. The standard InChI is InChI=1S/C22H20N2O4/c1-16(28-22(26)18-11-13-23-14-12-18)21(25)24-19-7-9-20(10-8-19)27-15-17-5-3-2-4-6-17/h2-14,16H,15H2,1H3,(H,24,25)/t16-/m0/s1. The molecule has 0 unspecified atom stereocenters. The molecule has 3 rings (SSSR count). The SMILES string of the molecule is C[C@H](OC(=O)c1ccncc1)C(=O)Nc1ccc(OCc2ccccc2)cc1. The predicted molar refractivity (Wildman–Crippen MR) is 105 cm³/mol. The highest BCUT2D eigenvalue weighted by molar-refractivity contribution is 5.97. The highest BCUT2D eigenvalue weighted by atomic mass is 16.5. The Balaban J connectivity index is 1.50. The van der Waals surface area contributed by atoms with Crippen LogP contribution in [0, 0.1) is 0 Å². The Morgan fingerprint density at radius 3 is 2.32 bits per heavy atom. The number of carbonyl (C=O) groups is 2. The average molecular weight is 376 g/mol. The molecule has 0 saturated heterocycles. The van der Waals surface area contributed by atoms with E-state index >= 15 is 0 Å². The van der Waals surface area contributed by atoms with Crippen LogP contribution in [0.15, 0.2) is 79.1 Å². The van der Waals surface area contributed by atoms with Crippen molar-refractivity contribution in [3.05, 3.63) is 90.3 Å². The highest BCUT2D eigenvalue weighted by Gasteiger charge is 2.19. The van der Waals surface area contributed by atoms with E-state index in [1.54, 1.807) is 24.3 Å².